The predicted octanol–water partition coefficient (Wildman–Crippen LogP) is 3.63. The van der Waals surface area contributed by atoms with E-state index in [0.717, 1.165) is 30.9 Å². The Bertz CT molecular complexity index is 682. The van der Waals surface area contributed by atoms with E-state index >= 15 is 0 Å². The molecule has 1 aromatic rings. The van der Waals surface area contributed by atoms with E-state index in [1.807, 2.05) is 6.07 Å². The van der Waals surface area contributed by atoms with Crippen molar-refractivity contribution in [2.75, 3.05) is 27.8 Å². The van der Waals surface area contributed by atoms with Gasteiger partial charge in [0.1, 0.15) is 0 Å². The number of nitrogens with zero attached hydrogens (tertiary/aromatic N) is 1. The van der Waals surface area contributed by atoms with Crippen molar-refractivity contribution in [1.82, 2.24) is 4.90 Å². The SMILES string of the molecule is COc1ccc([C@]23CCN(C)C2=C[C@H](O)C[C@@H]3[Si](C)(C)C)cc1OC. The molecule has 3 atom stereocenters. The highest BCUT2D eigenvalue weighted by atomic mass is 28.3. The van der Waals surface area contributed by atoms with Gasteiger partial charge in [-0.15, -0.1) is 0 Å². The minimum absolute atomic E-state index is 0.0298. The Morgan fingerprint density at radius 3 is 2.44 bits per heavy atom. The van der Waals surface area contributed by atoms with Crippen molar-refractivity contribution in [3.8, 4) is 11.5 Å². The standard InChI is InChI=1S/C20H31NO3Si/c1-21-10-9-20(14-7-8-16(23-2)17(11-14)24-3)18(21)12-15(22)13-19(20)25(4,5)6/h7-8,11-12,15,19,22H,9-10,13H2,1-6H3/t15-,19-,20+/m0/s1. The summed E-state index contributed by atoms with van der Waals surface area (Å²) in [6.07, 6.45) is 3.68. The summed E-state index contributed by atoms with van der Waals surface area (Å²) < 4.78 is 11.0. The van der Waals surface area contributed by atoms with Crippen LogP contribution in [-0.4, -0.2) is 52.0 Å². The number of allylic oxidation sites excluding steroid dienone is 1. The average Bonchev–Trinajstić information content (AvgIpc) is 2.90. The van der Waals surface area contributed by atoms with Crippen LogP contribution in [0.3, 0.4) is 0 Å². The van der Waals surface area contributed by atoms with Crippen molar-refractivity contribution in [2.45, 2.75) is 49.5 Å². The van der Waals surface area contributed by atoms with Gasteiger partial charge in [-0.1, -0.05) is 25.7 Å². The lowest BCUT2D eigenvalue weighted by atomic mass is 9.69. The maximum Gasteiger partial charge on any atom is 0.161 e. The zero-order chi connectivity index (χ0) is 18.4. The van der Waals surface area contributed by atoms with Crippen LogP contribution in [0.15, 0.2) is 30.0 Å². The van der Waals surface area contributed by atoms with Crippen molar-refractivity contribution < 1.29 is 14.6 Å². The first-order valence-corrected chi connectivity index (χ1v) is 12.7. The molecule has 0 spiro atoms. The highest BCUT2D eigenvalue weighted by molar-refractivity contribution is 6.78. The Morgan fingerprint density at radius 2 is 1.84 bits per heavy atom. The van der Waals surface area contributed by atoms with Gasteiger partial charge in [-0.2, -0.15) is 0 Å². The van der Waals surface area contributed by atoms with Crippen molar-refractivity contribution in [2.24, 2.45) is 0 Å². The molecule has 1 heterocycles. The van der Waals surface area contributed by atoms with Gasteiger partial charge >= 0.3 is 0 Å². The predicted molar refractivity (Wildman–Crippen MR) is 104 cm³/mol. The summed E-state index contributed by atoms with van der Waals surface area (Å²) in [5.74, 6) is 1.55. The topological polar surface area (TPSA) is 41.9 Å². The Morgan fingerprint density at radius 1 is 1.16 bits per heavy atom. The quantitative estimate of drug-likeness (QED) is 0.832. The molecule has 0 aromatic heterocycles. The number of methoxy groups -OCH3 is 2. The Labute approximate surface area is 152 Å². The van der Waals surface area contributed by atoms with Gasteiger partial charge in [-0.05, 0) is 42.2 Å². The molecule has 0 saturated carbocycles. The molecule has 1 aliphatic carbocycles. The molecule has 0 amide bonds. The average molecular weight is 362 g/mol. The first-order chi connectivity index (χ1) is 11.7. The van der Waals surface area contributed by atoms with Gasteiger partial charge in [0.15, 0.2) is 11.5 Å². The zero-order valence-electron chi connectivity index (χ0n) is 16.3. The van der Waals surface area contributed by atoms with Crippen molar-refractivity contribution >= 4 is 8.07 Å². The minimum atomic E-state index is -1.52. The van der Waals surface area contributed by atoms with Gasteiger partial charge in [-0.3, -0.25) is 0 Å². The smallest absolute Gasteiger partial charge is 0.161 e. The number of hydrogen-bond acceptors (Lipinski definition) is 4. The number of hydrogen-bond donors (Lipinski definition) is 1. The maximum atomic E-state index is 10.5. The second-order valence-corrected chi connectivity index (χ2v) is 13.9. The van der Waals surface area contributed by atoms with E-state index in [9.17, 15) is 5.11 Å². The summed E-state index contributed by atoms with van der Waals surface area (Å²) in [5, 5.41) is 10.5. The summed E-state index contributed by atoms with van der Waals surface area (Å²) in [6.45, 7) is 8.30. The maximum absolute atomic E-state index is 10.5. The summed E-state index contributed by atoms with van der Waals surface area (Å²) in [5.41, 5.74) is 3.03. The van der Waals surface area contributed by atoms with Crippen LogP contribution in [-0.2, 0) is 5.41 Å². The van der Waals surface area contributed by atoms with Crippen LogP contribution in [0.25, 0.3) is 0 Å². The minimum Gasteiger partial charge on any atom is -0.493 e. The number of aliphatic hydroxyl groups is 1. The molecule has 1 aromatic carbocycles. The fraction of sp³-hybridized carbons (Fsp3) is 0.600. The molecule has 1 fully saturated rings. The Kier molecular flexibility index (Phi) is 4.66. The van der Waals surface area contributed by atoms with Crippen LogP contribution in [0.1, 0.15) is 18.4 Å². The van der Waals surface area contributed by atoms with E-state index in [0.29, 0.717) is 5.54 Å². The summed E-state index contributed by atoms with van der Waals surface area (Å²) >= 11 is 0. The van der Waals surface area contributed by atoms with E-state index in [1.165, 1.54) is 11.3 Å². The van der Waals surface area contributed by atoms with Crippen molar-refractivity contribution in [3.63, 3.8) is 0 Å². The number of likely N-dealkylation sites (N-methyl/N-ethyl adjacent to an activating group) is 1. The molecule has 138 valence electrons. The normalized spacial score (nSPS) is 29.2. The van der Waals surface area contributed by atoms with Gasteiger partial charge in [0.05, 0.1) is 20.3 Å². The lowest BCUT2D eigenvalue weighted by molar-refractivity contribution is 0.179. The van der Waals surface area contributed by atoms with Crippen molar-refractivity contribution in [1.29, 1.82) is 0 Å². The zero-order valence-corrected chi connectivity index (χ0v) is 17.3. The molecule has 1 N–H and O–H groups in total. The van der Waals surface area contributed by atoms with E-state index < -0.39 is 8.07 Å². The van der Waals surface area contributed by atoms with E-state index in [1.54, 1.807) is 14.2 Å². The molecule has 25 heavy (non-hydrogen) atoms. The van der Waals surface area contributed by atoms with E-state index in [4.69, 9.17) is 9.47 Å². The van der Waals surface area contributed by atoms with Gasteiger partial charge in [0.2, 0.25) is 0 Å². The molecule has 0 radical (unpaired) electrons. The third-order valence-corrected chi connectivity index (χ3v) is 8.90. The molecular weight excluding hydrogens is 330 g/mol. The van der Waals surface area contributed by atoms with Gasteiger partial charge < -0.3 is 19.5 Å². The Hall–Kier alpha value is -1.46. The highest BCUT2D eigenvalue weighted by Crippen LogP contribution is 2.58. The van der Waals surface area contributed by atoms with Crippen LogP contribution < -0.4 is 9.47 Å². The molecule has 5 heteroatoms. The number of rotatable bonds is 4. The van der Waals surface area contributed by atoms with Crippen LogP contribution in [0, 0.1) is 0 Å². The molecule has 2 aliphatic rings. The lowest BCUT2D eigenvalue weighted by Gasteiger charge is -2.49. The molecule has 0 bridgehead atoms. The second-order valence-electron chi connectivity index (χ2n) is 8.49. The number of ether oxygens (including phenoxy) is 2. The van der Waals surface area contributed by atoms with Crippen LogP contribution in [0.5, 0.6) is 11.5 Å². The van der Waals surface area contributed by atoms with E-state index in [2.05, 4.69) is 49.8 Å². The van der Waals surface area contributed by atoms with Gasteiger partial charge in [0, 0.05) is 32.8 Å². The number of likely N-dealkylation sites (tertiary alicyclic amines) is 1. The molecule has 0 unspecified atom stereocenters. The van der Waals surface area contributed by atoms with Gasteiger partial charge in [-0.25, -0.2) is 0 Å². The fourth-order valence-electron chi connectivity index (χ4n) is 4.95. The molecule has 3 rings (SSSR count). The number of fused-ring (bicyclic) bond motifs is 1. The first-order valence-electron chi connectivity index (χ1n) is 9.08. The summed E-state index contributed by atoms with van der Waals surface area (Å²) in [6, 6.07) is 6.36. The summed E-state index contributed by atoms with van der Waals surface area (Å²) in [7, 11) is 3.99. The Balaban J connectivity index is 2.22. The molecular formula is C20H31NO3Si. The van der Waals surface area contributed by atoms with Crippen molar-refractivity contribution in [3.05, 3.63) is 35.5 Å². The fourth-order valence-corrected chi connectivity index (χ4v) is 7.84. The van der Waals surface area contributed by atoms with Gasteiger partial charge in [0.25, 0.3) is 0 Å². The summed E-state index contributed by atoms with van der Waals surface area (Å²) in [4.78, 5) is 2.33. The second kappa shape index (κ2) is 6.36. The highest BCUT2D eigenvalue weighted by Gasteiger charge is 2.55. The molecule has 4 nitrogen and oxygen atoms in total. The molecule has 1 aliphatic heterocycles. The monoisotopic (exact) mass is 361 g/mol. The largest absolute Gasteiger partial charge is 0.493 e. The number of aliphatic hydroxyl groups excluding tert-OH is 1. The lowest BCUT2D eigenvalue weighted by Crippen LogP contribution is -2.48. The number of benzene rings is 1. The third kappa shape index (κ3) is 2.87. The van der Waals surface area contributed by atoms with Crippen LogP contribution >= 0.6 is 0 Å². The molecule has 1 saturated heterocycles. The first kappa shape index (κ1) is 18.3. The third-order valence-electron chi connectivity index (χ3n) is 6.08. The van der Waals surface area contributed by atoms with E-state index in [-0.39, 0.29) is 11.5 Å². The van der Waals surface area contributed by atoms with Crippen LogP contribution in [0.4, 0.5) is 0 Å². The van der Waals surface area contributed by atoms with Crippen LogP contribution in [0.2, 0.25) is 25.2 Å².